The fourth-order valence-electron chi connectivity index (χ4n) is 2.61. The number of benzene rings is 2. The normalized spacial score (nSPS) is 11.7. The number of rotatable bonds is 7. The number of anilines is 1. The van der Waals surface area contributed by atoms with Crippen molar-refractivity contribution in [2.75, 3.05) is 19.5 Å². The zero-order chi connectivity index (χ0) is 18.2. The first-order valence-corrected chi connectivity index (χ1v) is 8.78. The molecular formula is C20H26N2O2S. The SMILES string of the molecule is COc1ccc([C@H](CC(C)C)NC(=S)Nc2cccc(OC)c2)cc1. The van der Waals surface area contributed by atoms with Crippen molar-refractivity contribution >= 4 is 23.0 Å². The Kier molecular flexibility index (Phi) is 7.07. The Morgan fingerprint density at radius 2 is 1.68 bits per heavy atom. The lowest BCUT2D eigenvalue weighted by Crippen LogP contribution is -2.33. The third kappa shape index (κ3) is 5.94. The van der Waals surface area contributed by atoms with Crippen LogP contribution in [0.5, 0.6) is 11.5 Å². The summed E-state index contributed by atoms with van der Waals surface area (Å²) in [5.74, 6) is 2.19. The molecule has 134 valence electrons. The van der Waals surface area contributed by atoms with Crippen LogP contribution < -0.4 is 20.1 Å². The molecule has 0 fully saturated rings. The van der Waals surface area contributed by atoms with Crippen molar-refractivity contribution < 1.29 is 9.47 Å². The number of ether oxygens (including phenoxy) is 2. The van der Waals surface area contributed by atoms with Gasteiger partial charge in [0.15, 0.2) is 5.11 Å². The van der Waals surface area contributed by atoms with Gasteiger partial charge in [-0.15, -0.1) is 0 Å². The number of nitrogens with one attached hydrogen (secondary N) is 2. The first-order chi connectivity index (χ1) is 12.0. The van der Waals surface area contributed by atoms with E-state index < -0.39 is 0 Å². The van der Waals surface area contributed by atoms with E-state index >= 15 is 0 Å². The molecule has 0 saturated carbocycles. The van der Waals surface area contributed by atoms with E-state index in [-0.39, 0.29) is 6.04 Å². The monoisotopic (exact) mass is 358 g/mol. The predicted octanol–water partition coefficient (Wildman–Crippen LogP) is 4.78. The fourth-order valence-corrected chi connectivity index (χ4v) is 2.87. The van der Waals surface area contributed by atoms with Crippen molar-refractivity contribution in [2.45, 2.75) is 26.3 Å². The smallest absolute Gasteiger partial charge is 0.171 e. The summed E-state index contributed by atoms with van der Waals surface area (Å²) in [4.78, 5) is 0. The van der Waals surface area contributed by atoms with Gasteiger partial charge < -0.3 is 20.1 Å². The average molecular weight is 359 g/mol. The van der Waals surface area contributed by atoms with E-state index in [4.69, 9.17) is 21.7 Å². The first-order valence-electron chi connectivity index (χ1n) is 8.37. The van der Waals surface area contributed by atoms with E-state index in [1.165, 1.54) is 5.56 Å². The highest BCUT2D eigenvalue weighted by atomic mass is 32.1. The van der Waals surface area contributed by atoms with E-state index in [0.29, 0.717) is 11.0 Å². The highest BCUT2D eigenvalue weighted by Crippen LogP contribution is 2.24. The average Bonchev–Trinajstić information content (AvgIpc) is 2.61. The Hall–Kier alpha value is -2.27. The topological polar surface area (TPSA) is 42.5 Å². The molecule has 0 unspecified atom stereocenters. The molecule has 2 N–H and O–H groups in total. The van der Waals surface area contributed by atoms with Crippen LogP contribution in [0.2, 0.25) is 0 Å². The molecule has 0 spiro atoms. The van der Waals surface area contributed by atoms with Crippen molar-refractivity contribution in [1.82, 2.24) is 5.32 Å². The second-order valence-electron chi connectivity index (χ2n) is 6.29. The molecule has 25 heavy (non-hydrogen) atoms. The first kappa shape index (κ1) is 19.1. The minimum absolute atomic E-state index is 0.136. The fraction of sp³-hybridized carbons (Fsp3) is 0.350. The number of hydrogen-bond donors (Lipinski definition) is 2. The predicted molar refractivity (Wildman–Crippen MR) is 108 cm³/mol. The van der Waals surface area contributed by atoms with Gasteiger partial charge in [-0.05, 0) is 54.4 Å². The van der Waals surface area contributed by atoms with Gasteiger partial charge in [-0.1, -0.05) is 32.0 Å². The summed E-state index contributed by atoms with van der Waals surface area (Å²) in [5.41, 5.74) is 2.08. The van der Waals surface area contributed by atoms with Crippen molar-refractivity contribution in [1.29, 1.82) is 0 Å². The van der Waals surface area contributed by atoms with Gasteiger partial charge in [-0.25, -0.2) is 0 Å². The zero-order valence-corrected chi connectivity index (χ0v) is 16.0. The summed E-state index contributed by atoms with van der Waals surface area (Å²) in [6, 6.07) is 15.9. The lowest BCUT2D eigenvalue weighted by Gasteiger charge is -2.23. The minimum atomic E-state index is 0.136. The summed E-state index contributed by atoms with van der Waals surface area (Å²) >= 11 is 5.51. The van der Waals surface area contributed by atoms with Crippen LogP contribution in [-0.4, -0.2) is 19.3 Å². The molecule has 0 heterocycles. The molecule has 0 aliphatic rings. The van der Waals surface area contributed by atoms with Crippen LogP contribution in [0.3, 0.4) is 0 Å². The summed E-state index contributed by atoms with van der Waals surface area (Å²) in [5, 5.41) is 7.25. The summed E-state index contributed by atoms with van der Waals surface area (Å²) in [6.07, 6.45) is 0.978. The summed E-state index contributed by atoms with van der Waals surface area (Å²) in [6.45, 7) is 4.41. The Morgan fingerprint density at radius 1 is 1.00 bits per heavy atom. The molecule has 2 rings (SSSR count). The van der Waals surface area contributed by atoms with Crippen LogP contribution in [-0.2, 0) is 0 Å². The molecule has 4 nitrogen and oxygen atoms in total. The minimum Gasteiger partial charge on any atom is -0.497 e. The van der Waals surface area contributed by atoms with Crippen molar-refractivity contribution in [3.8, 4) is 11.5 Å². The molecule has 0 bridgehead atoms. The molecule has 1 atom stereocenters. The van der Waals surface area contributed by atoms with Gasteiger partial charge in [0.1, 0.15) is 11.5 Å². The molecule has 0 saturated heterocycles. The Labute approximate surface area is 155 Å². The van der Waals surface area contributed by atoms with Gasteiger partial charge in [0, 0.05) is 11.8 Å². The second-order valence-corrected chi connectivity index (χ2v) is 6.69. The van der Waals surface area contributed by atoms with Crippen LogP contribution in [0, 0.1) is 5.92 Å². The van der Waals surface area contributed by atoms with E-state index in [1.807, 2.05) is 36.4 Å². The molecule has 2 aromatic rings. The third-order valence-electron chi connectivity index (χ3n) is 3.86. The summed E-state index contributed by atoms with van der Waals surface area (Å²) < 4.78 is 10.5. The van der Waals surface area contributed by atoms with E-state index in [2.05, 4.69) is 36.6 Å². The molecule has 0 aliphatic carbocycles. The van der Waals surface area contributed by atoms with E-state index in [1.54, 1.807) is 14.2 Å². The van der Waals surface area contributed by atoms with Crippen molar-refractivity contribution in [3.63, 3.8) is 0 Å². The van der Waals surface area contributed by atoms with E-state index in [9.17, 15) is 0 Å². The zero-order valence-electron chi connectivity index (χ0n) is 15.2. The van der Waals surface area contributed by atoms with Crippen molar-refractivity contribution in [2.24, 2.45) is 5.92 Å². The van der Waals surface area contributed by atoms with Crippen molar-refractivity contribution in [3.05, 3.63) is 54.1 Å². The lowest BCUT2D eigenvalue weighted by molar-refractivity contribution is 0.414. The number of thiocarbonyl (C=S) groups is 1. The largest absolute Gasteiger partial charge is 0.497 e. The van der Waals surface area contributed by atoms with Gasteiger partial charge in [0.05, 0.1) is 20.3 Å². The van der Waals surface area contributed by atoms with E-state index in [0.717, 1.165) is 23.6 Å². The maximum absolute atomic E-state index is 5.51. The summed E-state index contributed by atoms with van der Waals surface area (Å²) in [7, 11) is 3.32. The van der Waals surface area contributed by atoms with Gasteiger partial charge in [-0.2, -0.15) is 0 Å². The number of hydrogen-bond acceptors (Lipinski definition) is 3. The molecule has 0 radical (unpaired) electrons. The highest BCUT2D eigenvalue weighted by molar-refractivity contribution is 7.80. The molecule has 0 aliphatic heterocycles. The quantitative estimate of drug-likeness (QED) is 0.698. The Morgan fingerprint density at radius 3 is 2.28 bits per heavy atom. The molecule has 0 amide bonds. The highest BCUT2D eigenvalue weighted by Gasteiger charge is 2.15. The van der Waals surface area contributed by atoms with Crippen LogP contribution in [0.4, 0.5) is 5.69 Å². The third-order valence-corrected chi connectivity index (χ3v) is 4.08. The maximum Gasteiger partial charge on any atom is 0.171 e. The van der Waals surface area contributed by atoms with Gasteiger partial charge in [0.25, 0.3) is 0 Å². The number of methoxy groups -OCH3 is 2. The van der Waals surface area contributed by atoms with Crippen LogP contribution in [0.25, 0.3) is 0 Å². The molecule has 0 aromatic heterocycles. The van der Waals surface area contributed by atoms with Crippen LogP contribution >= 0.6 is 12.2 Å². The van der Waals surface area contributed by atoms with Gasteiger partial charge in [-0.3, -0.25) is 0 Å². The van der Waals surface area contributed by atoms with Gasteiger partial charge in [0.2, 0.25) is 0 Å². The maximum atomic E-state index is 5.51. The standard InChI is InChI=1S/C20H26N2O2S/c1-14(2)12-19(15-8-10-17(23-3)11-9-15)22-20(25)21-16-6-5-7-18(13-16)24-4/h5-11,13-14,19H,12H2,1-4H3,(H2,21,22,25)/t19-/m0/s1. The Bertz CT molecular complexity index is 686. The van der Waals surface area contributed by atoms with Gasteiger partial charge >= 0.3 is 0 Å². The molecular weight excluding hydrogens is 332 g/mol. The van der Waals surface area contributed by atoms with Crippen LogP contribution in [0.1, 0.15) is 31.9 Å². The second kappa shape index (κ2) is 9.28. The lowest BCUT2D eigenvalue weighted by atomic mass is 9.97. The molecule has 5 heteroatoms. The van der Waals surface area contributed by atoms with Crippen LogP contribution in [0.15, 0.2) is 48.5 Å². The molecule has 2 aromatic carbocycles. The Balaban J connectivity index is 2.08.